The van der Waals surface area contributed by atoms with E-state index >= 15 is 0 Å². The topological polar surface area (TPSA) is 29.1 Å². The monoisotopic (exact) mass is 323 g/mol. The molecule has 1 aliphatic carbocycles. The fraction of sp³-hybridized carbons (Fsp3) is 0.588. The molecule has 2 nitrogen and oxygen atoms in total. The Balaban J connectivity index is 1.68. The number of carbonyl (C=O) groups excluding carboxylic acids is 1. The molecule has 1 N–H and O–H groups in total. The Morgan fingerprint density at radius 1 is 1.24 bits per heavy atom. The number of hydrogen-bond donors (Lipinski definition) is 1. The summed E-state index contributed by atoms with van der Waals surface area (Å²) >= 11 is 3.45. The fourth-order valence-electron chi connectivity index (χ4n) is 2.76. The van der Waals surface area contributed by atoms with Gasteiger partial charge < -0.3 is 5.32 Å². The number of nitrogens with one attached hydrogen (secondary N) is 1. The highest BCUT2D eigenvalue weighted by molar-refractivity contribution is 7.99. The van der Waals surface area contributed by atoms with Gasteiger partial charge >= 0.3 is 0 Å². The van der Waals surface area contributed by atoms with Crippen molar-refractivity contribution in [2.75, 3.05) is 12.0 Å². The van der Waals surface area contributed by atoms with Crippen LogP contribution in [0.25, 0.3) is 0 Å². The van der Waals surface area contributed by atoms with Crippen molar-refractivity contribution < 1.29 is 4.79 Å². The van der Waals surface area contributed by atoms with Crippen LogP contribution in [0.2, 0.25) is 0 Å². The molecule has 1 aliphatic rings. The second-order valence-electron chi connectivity index (χ2n) is 5.78. The van der Waals surface area contributed by atoms with E-state index in [2.05, 4.69) is 42.8 Å². The number of thioether (sulfide) groups is 2. The maximum absolute atomic E-state index is 12.0. The Morgan fingerprint density at radius 2 is 1.95 bits per heavy atom. The van der Waals surface area contributed by atoms with Gasteiger partial charge in [-0.15, -0.1) is 23.5 Å². The van der Waals surface area contributed by atoms with Crippen molar-refractivity contribution in [3.05, 3.63) is 29.8 Å². The largest absolute Gasteiger partial charge is 0.352 e. The van der Waals surface area contributed by atoms with Crippen LogP contribution in [-0.2, 0) is 10.5 Å². The SMILES string of the molecule is CSc1ccc(CSCC(=O)N[C@H]2CCCC[C@@H]2C)cc1. The Bertz CT molecular complexity index is 447. The molecule has 1 saturated carbocycles. The predicted octanol–water partition coefficient (Wildman–Crippen LogP) is 4.34. The number of benzene rings is 1. The van der Waals surface area contributed by atoms with Gasteiger partial charge in [0.15, 0.2) is 0 Å². The molecule has 1 aromatic carbocycles. The van der Waals surface area contributed by atoms with E-state index in [0.717, 1.165) is 12.2 Å². The van der Waals surface area contributed by atoms with Crippen LogP contribution >= 0.6 is 23.5 Å². The highest BCUT2D eigenvalue weighted by atomic mass is 32.2. The molecule has 0 spiro atoms. The average Bonchev–Trinajstić information content (AvgIpc) is 2.50. The number of carbonyl (C=O) groups is 1. The summed E-state index contributed by atoms with van der Waals surface area (Å²) in [5.74, 6) is 2.29. The second-order valence-corrected chi connectivity index (χ2v) is 7.64. The molecule has 2 rings (SSSR count). The van der Waals surface area contributed by atoms with Crippen LogP contribution < -0.4 is 5.32 Å². The summed E-state index contributed by atoms with van der Waals surface area (Å²) in [5, 5.41) is 3.21. The highest BCUT2D eigenvalue weighted by Crippen LogP contribution is 2.24. The number of amides is 1. The normalized spacial score (nSPS) is 22.0. The van der Waals surface area contributed by atoms with Crippen molar-refractivity contribution >= 4 is 29.4 Å². The van der Waals surface area contributed by atoms with E-state index in [-0.39, 0.29) is 5.91 Å². The lowest BCUT2D eigenvalue weighted by Crippen LogP contribution is -2.41. The molecule has 0 aromatic heterocycles. The molecule has 0 bridgehead atoms. The van der Waals surface area contributed by atoms with Crippen molar-refractivity contribution in [3.8, 4) is 0 Å². The molecule has 4 heteroatoms. The third-order valence-electron chi connectivity index (χ3n) is 4.12. The summed E-state index contributed by atoms with van der Waals surface area (Å²) in [6.45, 7) is 2.25. The molecular formula is C17H25NOS2. The molecular weight excluding hydrogens is 298 g/mol. The van der Waals surface area contributed by atoms with E-state index in [4.69, 9.17) is 0 Å². The van der Waals surface area contributed by atoms with Gasteiger partial charge in [-0.05, 0) is 42.7 Å². The van der Waals surface area contributed by atoms with Gasteiger partial charge in [0.05, 0.1) is 5.75 Å². The van der Waals surface area contributed by atoms with Crippen LogP contribution in [0.3, 0.4) is 0 Å². The van der Waals surface area contributed by atoms with Crippen molar-refractivity contribution in [1.29, 1.82) is 0 Å². The summed E-state index contributed by atoms with van der Waals surface area (Å²) in [6.07, 6.45) is 7.05. The first-order valence-electron chi connectivity index (χ1n) is 7.69. The van der Waals surface area contributed by atoms with Crippen LogP contribution in [0, 0.1) is 5.92 Å². The summed E-state index contributed by atoms with van der Waals surface area (Å²) in [6, 6.07) is 8.99. The van der Waals surface area contributed by atoms with Crippen molar-refractivity contribution in [3.63, 3.8) is 0 Å². The summed E-state index contributed by atoms with van der Waals surface area (Å²) in [4.78, 5) is 13.3. The first kappa shape index (κ1) is 16.8. The molecule has 1 fully saturated rings. The van der Waals surface area contributed by atoms with Gasteiger partial charge in [0.25, 0.3) is 0 Å². The summed E-state index contributed by atoms with van der Waals surface area (Å²) < 4.78 is 0. The second kappa shape index (κ2) is 8.74. The molecule has 0 radical (unpaired) electrons. The minimum atomic E-state index is 0.194. The lowest BCUT2D eigenvalue weighted by molar-refractivity contribution is -0.119. The zero-order valence-electron chi connectivity index (χ0n) is 12.9. The van der Waals surface area contributed by atoms with Gasteiger partial charge in [0.1, 0.15) is 0 Å². The summed E-state index contributed by atoms with van der Waals surface area (Å²) in [7, 11) is 0. The Kier molecular flexibility index (Phi) is 6.97. The Hall–Kier alpha value is -0.610. The first-order chi connectivity index (χ1) is 10.2. The number of hydrogen-bond acceptors (Lipinski definition) is 3. The van der Waals surface area contributed by atoms with E-state index in [0.29, 0.717) is 17.7 Å². The number of rotatable bonds is 6. The first-order valence-corrected chi connectivity index (χ1v) is 10.1. The van der Waals surface area contributed by atoms with Gasteiger partial charge in [0.2, 0.25) is 5.91 Å². The van der Waals surface area contributed by atoms with E-state index in [1.807, 2.05) is 0 Å². The van der Waals surface area contributed by atoms with E-state index in [1.54, 1.807) is 23.5 Å². The molecule has 1 amide bonds. The lowest BCUT2D eigenvalue weighted by Gasteiger charge is -2.29. The molecule has 0 heterocycles. The van der Waals surface area contributed by atoms with Crippen LogP contribution in [-0.4, -0.2) is 24.0 Å². The minimum Gasteiger partial charge on any atom is -0.352 e. The predicted molar refractivity (Wildman–Crippen MR) is 93.9 cm³/mol. The van der Waals surface area contributed by atoms with E-state index in [9.17, 15) is 4.79 Å². The Labute approximate surface area is 136 Å². The molecule has 21 heavy (non-hydrogen) atoms. The minimum absolute atomic E-state index is 0.194. The molecule has 0 saturated heterocycles. The molecule has 2 atom stereocenters. The molecule has 0 unspecified atom stereocenters. The van der Waals surface area contributed by atoms with E-state index in [1.165, 1.54) is 29.7 Å². The molecule has 116 valence electrons. The third-order valence-corrected chi connectivity index (χ3v) is 5.87. The van der Waals surface area contributed by atoms with Gasteiger partial charge in [-0.2, -0.15) is 0 Å². The highest BCUT2D eigenvalue weighted by Gasteiger charge is 2.22. The van der Waals surface area contributed by atoms with Crippen molar-refractivity contribution in [2.24, 2.45) is 5.92 Å². The van der Waals surface area contributed by atoms with Gasteiger partial charge in [0, 0.05) is 16.7 Å². The standard InChI is InChI=1S/C17H25NOS2/c1-13-5-3-4-6-16(13)18-17(19)12-21-11-14-7-9-15(20-2)10-8-14/h7-10,13,16H,3-6,11-12H2,1-2H3,(H,18,19)/t13-,16-/m0/s1. The van der Waals surface area contributed by atoms with Gasteiger partial charge in [-0.1, -0.05) is 31.9 Å². The zero-order chi connectivity index (χ0) is 15.1. The smallest absolute Gasteiger partial charge is 0.230 e. The maximum Gasteiger partial charge on any atom is 0.230 e. The van der Waals surface area contributed by atoms with Crippen LogP contribution in [0.4, 0.5) is 0 Å². The van der Waals surface area contributed by atoms with Crippen molar-refractivity contribution in [2.45, 2.75) is 49.3 Å². The van der Waals surface area contributed by atoms with Crippen LogP contribution in [0.15, 0.2) is 29.2 Å². The van der Waals surface area contributed by atoms with Gasteiger partial charge in [-0.3, -0.25) is 4.79 Å². The van der Waals surface area contributed by atoms with Gasteiger partial charge in [-0.25, -0.2) is 0 Å². The zero-order valence-corrected chi connectivity index (χ0v) is 14.6. The molecule has 1 aromatic rings. The maximum atomic E-state index is 12.0. The summed E-state index contributed by atoms with van der Waals surface area (Å²) in [5.41, 5.74) is 1.29. The quantitative estimate of drug-likeness (QED) is 0.790. The van der Waals surface area contributed by atoms with E-state index < -0.39 is 0 Å². The Morgan fingerprint density at radius 3 is 2.62 bits per heavy atom. The lowest BCUT2D eigenvalue weighted by atomic mass is 9.86. The average molecular weight is 324 g/mol. The van der Waals surface area contributed by atoms with Crippen LogP contribution in [0.1, 0.15) is 38.2 Å². The third kappa shape index (κ3) is 5.59. The molecule has 0 aliphatic heterocycles. The van der Waals surface area contributed by atoms with Crippen LogP contribution in [0.5, 0.6) is 0 Å². The fourth-order valence-corrected chi connectivity index (χ4v) is 3.97. The van der Waals surface area contributed by atoms with Crippen molar-refractivity contribution in [1.82, 2.24) is 5.32 Å².